The van der Waals surface area contributed by atoms with Crippen molar-refractivity contribution in [1.82, 2.24) is 4.90 Å². The lowest BCUT2D eigenvalue weighted by Gasteiger charge is -2.36. The Balaban J connectivity index is 1.49. The summed E-state index contributed by atoms with van der Waals surface area (Å²) in [5, 5.41) is 2.93. The first-order chi connectivity index (χ1) is 14.7. The zero-order chi connectivity index (χ0) is 22.4. The number of rotatable bonds is 5. The lowest BCUT2D eigenvalue weighted by Crippen LogP contribution is -2.50. The fourth-order valence-corrected chi connectivity index (χ4v) is 3.36. The molecule has 1 aliphatic rings. The van der Waals surface area contributed by atoms with Crippen molar-refractivity contribution in [2.24, 2.45) is 0 Å². The highest BCUT2D eigenvalue weighted by atomic mass is 16.6. The van der Waals surface area contributed by atoms with Gasteiger partial charge in [-0.25, -0.2) is 4.79 Å². The van der Waals surface area contributed by atoms with E-state index in [1.807, 2.05) is 69.3 Å². The Morgan fingerprint density at radius 3 is 2.10 bits per heavy atom. The quantitative estimate of drug-likeness (QED) is 0.786. The van der Waals surface area contributed by atoms with E-state index in [4.69, 9.17) is 9.47 Å². The smallest absolute Gasteiger partial charge is 0.410 e. The minimum atomic E-state index is -0.484. The Hall–Kier alpha value is -3.22. The predicted octanol–water partition coefficient (Wildman–Crippen LogP) is 3.93. The molecule has 1 saturated heterocycles. The van der Waals surface area contributed by atoms with Crippen LogP contribution in [0, 0.1) is 0 Å². The van der Waals surface area contributed by atoms with Crippen LogP contribution in [0.3, 0.4) is 0 Å². The first-order valence-electron chi connectivity index (χ1n) is 10.5. The third kappa shape index (κ3) is 6.64. The highest BCUT2D eigenvalue weighted by Crippen LogP contribution is 2.21. The Bertz CT molecular complexity index is 881. The summed E-state index contributed by atoms with van der Waals surface area (Å²) in [5.41, 5.74) is 2.27. The maximum Gasteiger partial charge on any atom is 0.410 e. The summed E-state index contributed by atoms with van der Waals surface area (Å²) >= 11 is 0. The van der Waals surface area contributed by atoms with Crippen molar-refractivity contribution in [3.05, 3.63) is 54.1 Å². The van der Waals surface area contributed by atoms with Gasteiger partial charge in [-0.05, 0) is 62.7 Å². The van der Waals surface area contributed by atoms with Crippen molar-refractivity contribution in [2.45, 2.75) is 32.8 Å². The van der Waals surface area contributed by atoms with Crippen LogP contribution in [0.15, 0.2) is 48.5 Å². The van der Waals surface area contributed by atoms with Crippen LogP contribution in [0.4, 0.5) is 16.2 Å². The van der Waals surface area contributed by atoms with Gasteiger partial charge in [0.15, 0.2) is 0 Å². The number of nitrogens with zero attached hydrogens (tertiary/aromatic N) is 2. The molecule has 2 aromatic rings. The zero-order valence-electron chi connectivity index (χ0n) is 18.7. The molecule has 1 aliphatic heterocycles. The average molecular weight is 426 g/mol. The average Bonchev–Trinajstić information content (AvgIpc) is 2.74. The van der Waals surface area contributed by atoms with Gasteiger partial charge in [0, 0.05) is 37.6 Å². The number of ether oxygens (including phenoxy) is 2. The molecule has 3 rings (SSSR count). The number of nitrogens with one attached hydrogen (secondary N) is 1. The molecule has 0 radical (unpaired) electrons. The van der Waals surface area contributed by atoms with Crippen LogP contribution in [-0.2, 0) is 16.0 Å². The van der Waals surface area contributed by atoms with E-state index in [9.17, 15) is 9.59 Å². The monoisotopic (exact) mass is 425 g/mol. The topological polar surface area (TPSA) is 71.1 Å². The second-order valence-corrected chi connectivity index (χ2v) is 8.57. The maximum atomic E-state index is 12.3. The minimum Gasteiger partial charge on any atom is -0.497 e. The number of benzene rings is 2. The first kappa shape index (κ1) is 22.5. The van der Waals surface area contributed by atoms with E-state index in [2.05, 4.69) is 10.2 Å². The molecule has 7 heteroatoms. The predicted molar refractivity (Wildman–Crippen MR) is 122 cm³/mol. The summed E-state index contributed by atoms with van der Waals surface area (Å²) in [6.07, 6.45) is 0.0420. The van der Waals surface area contributed by atoms with E-state index in [-0.39, 0.29) is 12.0 Å². The molecule has 0 unspecified atom stereocenters. The molecule has 7 nitrogen and oxygen atoms in total. The van der Waals surface area contributed by atoms with E-state index < -0.39 is 5.60 Å². The summed E-state index contributed by atoms with van der Waals surface area (Å²) in [5.74, 6) is 0.704. The summed E-state index contributed by atoms with van der Waals surface area (Å²) < 4.78 is 10.6. The van der Waals surface area contributed by atoms with Gasteiger partial charge in [0.25, 0.3) is 0 Å². The largest absolute Gasteiger partial charge is 0.497 e. The fourth-order valence-electron chi connectivity index (χ4n) is 3.36. The fraction of sp³-hybridized carbons (Fsp3) is 0.417. The van der Waals surface area contributed by atoms with E-state index in [1.165, 1.54) is 0 Å². The van der Waals surface area contributed by atoms with Crippen molar-refractivity contribution in [3.63, 3.8) is 0 Å². The van der Waals surface area contributed by atoms with E-state index in [0.717, 1.165) is 35.8 Å². The highest BCUT2D eigenvalue weighted by Gasteiger charge is 2.25. The summed E-state index contributed by atoms with van der Waals surface area (Å²) in [6, 6.07) is 15.3. The first-order valence-corrected chi connectivity index (χ1v) is 10.5. The van der Waals surface area contributed by atoms with Crippen LogP contribution in [0.2, 0.25) is 0 Å². The summed E-state index contributed by atoms with van der Waals surface area (Å²) in [4.78, 5) is 28.5. The van der Waals surface area contributed by atoms with Crippen LogP contribution in [0.5, 0.6) is 5.75 Å². The number of carbonyl (C=O) groups excluding carboxylic acids is 2. The Morgan fingerprint density at radius 2 is 1.55 bits per heavy atom. The SMILES string of the molecule is COc1ccc(CC(=O)Nc2ccc(N3CCN(C(=O)OC(C)(C)C)CC3)cc2)cc1. The number of hydrogen-bond donors (Lipinski definition) is 1. The lowest BCUT2D eigenvalue weighted by atomic mass is 10.1. The van der Waals surface area contributed by atoms with Gasteiger partial charge in [0.2, 0.25) is 5.91 Å². The lowest BCUT2D eigenvalue weighted by molar-refractivity contribution is -0.115. The van der Waals surface area contributed by atoms with Gasteiger partial charge in [-0.15, -0.1) is 0 Å². The molecule has 1 fully saturated rings. The van der Waals surface area contributed by atoms with Crippen LogP contribution < -0.4 is 15.0 Å². The van der Waals surface area contributed by atoms with Crippen molar-refractivity contribution in [1.29, 1.82) is 0 Å². The van der Waals surface area contributed by atoms with Gasteiger partial charge in [-0.2, -0.15) is 0 Å². The summed E-state index contributed by atoms with van der Waals surface area (Å²) in [7, 11) is 1.62. The molecule has 0 aromatic heterocycles. The number of carbonyl (C=O) groups is 2. The standard InChI is InChI=1S/C24H31N3O4/c1-24(2,3)31-23(29)27-15-13-26(14-16-27)20-9-7-19(8-10-20)25-22(28)17-18-5-11-21(30-4)12-6-18/h5-12H,13-17H2,1-4H3,(H,25,28). The van der Waals surface area contributed by atoms with Gasteiger partial charge in [0.05, 0.1) is 13.5 Å². The molecule has 31 heavy (non-hydrogen) atoms. The van der Waals surface area contributed by atoms with E-state index >= 15 is 0 Å². The van der Waals surface area contributed by atoms with Crippen LogP contribution in [-0.4, -0.2) is 55.8 Å². The number of methoxy groups -OCH3 is 1. The molecular formula is C24H31N3O4. The third-order valence-electron chi connectivity index (χ3n) is 4.97. The molecule has 1 N–H and O–H groups in total. The highest BCUT2D eigenvalue weighted by molar-refractivity contribution is 5.92. The maximum absolute atomic E-state index is 12.3. The van der Waals surface area contributed by atoms with Crippen molar-refractivity contribution >= 4 is 23.4 Å². The van der Waals surface area contributed by atoms with Crippen molar-refractivity contribution in [3.8, 4) is 5.75 Å². The molecule has 0 saturated carbocycles. The number of hydrogen-bond acceptors (Lipinski definition) is 5. The second-order valence-electron chi connectivity index (χ2n) is 8.57. The second kappa shape index (κ2) is 9.73. The minimum absolute atomic E-state index is 0.0658. The molecule has 0 atom stereocenters. The van der Waals surface area contributed by atoms with Crippen molar-refractivity contribution < 1.29 is 19.1 Å². The number of anilines is 2. The molecule has 2 amide bonds. The molecule has 1 heterocycles. The van der Waals surface area contributed by atoms with Gasteiger partial charge in [-0.3, -0.25) is 4.79 Å². The molecule has 166 valence electrons. The Kier molecular flexibility index (Phi) is 7.05. The molecule has 0 spiro atoms. The van der Waals surface area contributed by atoms with E-state index in [1.54, 1.807) is 12.0 Å². The number of piperazine rings is 1. The molecule has 0 aliphatic carbocycles. The van der Waals surface area contributed by atoms with Crippen LogP contribution in [0.1, 0.15) is 26.3 Å². The molecular weight excluding hydrogens is 394 g/mol. The van der Waals surface area contributed by atoms with Gasteiger partial charge in [0.1, 0.15) is 11.4 Å². The zero-order valence-corrected chi connectivity index (χ0v) is 18.7. The number of amides is 2. The van der Waals surface area contributed by atoms with E-state index in [0.29, 0.717) is 19.5 Å². The normalized spacial score (nSPS) is 14.2. The van der Waals surface area contributed by atoms with Gasteiger partial charge < -0.3 is 24.6 Å². The Labute approximate surface area is 183 Å². The van der Waals surface area contributed by atoms with Crippen LogP contribution in [0.25, 0.3) is 0 Å². The Morgan fingerprint density at radius 1 is 0.935 bits per heavy atom. The van der Waals surface area contributed by atoms with Gasteiger partial charge >= 0.3 is 6.09 Å². The third-order valence-corrected chi connectivity index (χ3v) is 4.97. The molecule has 0 bridgehead atoms. The van der Waals surface area contributed by atoms with Crippen molar-refractivity contribution in [2.75, 3.05) is 43.5 Å². The van der Waals surface area contributed by atoms with Crippen LogP contribution >= 0.6 is 0 Å². The molecule has 2 aromatic carbocycles. The van der Waals surface area contributed by atoms with Gasteiger partial charge in [-0.1, -0.05) is 12.1 Å². The summed E-state index contributed by atoms with van der Waals surface area (Å²) in [6.45, 7) is 8.34.